The Hall–Kier alpha value is -1.94. The molecule has 0 aliphatic heterocycles. The van der Waals surface area contributed by atoms with Crippen LogP contribution in [0.5, 0.6) is 5.75 Å². The van der Waals surface area contributed by atoms with Gasteiger partial charge in [-0.05, 0) is 30.7 Å². The molecule has 0 saturated heterocycles. The fraction of sp³-hybridized carbons (Fsp3) is 0.235. The SMILES string of the molecule is CCCCOc1ccc(F)c2c(=O)c3ccccc3sc12. The van der Waals surface area contributed by atoms with Crippen molar-refractivity contribution < 1.29 is 9.13 Å². The molecule has 2 aromatic carbocycles. The van der Waals surface area contributed by atoms with Crippen molar-refractivity contribution >= 4 is 31.5 Å². The summed E-state index contributed by atoms with van der Waals surface area (Å²) in [6.07, 6.45) is 1.96. The van der Waals surface area contributed by atoms with Gasteiger partial charge in [0, 0.05) is 10.1 Å². The topological polar surface area (TPSA) is 26.3 Å². The van der Waals surface area contributed by atoms with E-state index in [4.69, 9.17) is 4.74 Å². The largest absolute Gasteiger partial charge is 0.492 e. The lowest BCUT2D eigenvalue weighted by Crippen LogP contribution is -2.05. The van der Waals surface area contributed by atoms with Gasteiger partial charge in [-0.25, -0.2) is 4.39 Å². The molecule has 0 atom stereocenters. The molecule has 0 amide bonds. The maximum atomic E-state index is 14.1. The van der Waals surface area contributed by atoms with Crippen molar-refractivity contribution in [2.24, 2.45) is 0 Å². The van der Waals surface area contributed by atoms with Crippen molar-refractivity contribution in [1.29, 1.82) is 0 Å². The van der Waals surface area contributed by atoms with E-state index in [1.54, 1.807) is 18.2 Å². The van der Waals surface area contributed by atoms with E-state index < -0.39 is 5.82 Å². The van der Waals surface area contributed by atoms with Crippen LogP contribution in [0.2, 0.25) is 0 Å². The number of ether oxygens (including phenoxy) is 1. The summed E-state index contributed by atoms with van der Waals surface area (Å²) in [5.74, 6) is 0.104. The van der Waals surface area contributed by atoms with Gasteiger partial charge in [-0.3, -0.25) is 4.79 Å². The van der Waals surface area contributed by atoms with Gasteiger partial charge in [-0.1, -0.05) is 25.5 Å². The molecular weight excluding hydrogens is 287 g/mol. The summed E-state index contributed by atoms with van der Waals surface area (Å²) in [7, 11) is 0. The van der Waals surface area contributed by atoms with Crippen LogP contribution in [0.25, 0.3) is 20.2 Å². The van der Waals surface area contributed by atoms with E-state index in [2.05, 4.69) is 6.92 Å². The molecule has 3 rings (SSSR count). The fourth-order valence-corrected chi connectivity index (χ4v) is 3.44. The van der Waals surface area contributed by atoms with Crippen LogP contribution in [0.3, 0.4) is 0 Å². The Labute approximate surface area is 125 Å². The molecule has 1 heterocycles. The van der Waals surface area contributed by atoms with E-state index in [9.17, 15) is 9.18 Å². The van der Waals surface area contributed by atoms with E-state index >= 15 is 0 Å². The molecule has 0 aliphatic rings. The highest BCUT2D eigenvalue weighted by Gasteiger charge is 2.14. The molecule has 3 aromatic rings. The maximum Gasteiger partial charge on any atom is 0.198 e. The van der Waals surface area contributed by atoms with Gasteiger partial charge in [0.25, 0.3) is 0 Å². The summed E-state index contributed by atoms with van der Waals surface area (Å²) in [4.78, 5) is 12.5. The highest BCUT2D eigenvalue weighted by Crippen LogP contribution is 2.33. The average molecular weight is 302 g/mol. The Bertz CT molecular complexity index is 854. The zero-order valence-corrected chi connectivity index (χ0v) is 12.5. The smallest absolute Gasteiger partial charge is 0.198 e. The van der Waals surface area contributed by atoms with E-state index in [0.29, 0.717) is 22.4 Å². The highest BCUT2D eigenvalue weighted by atomic mass is 32.1. The molecule has 0 unspecified atom stereocenters. The molecule has 0 aliphatic carbocycles. The Morgan fingerprint density at radius 3 is 2.81 bits per heavy atom. The molecule has 21 heavy (non-hydrogen) atoms. The van der Waals surface area contributed by atoms with Crippen LogP contribution < -0.4 is 10.2 Å². The molecule has 4 heteroatoms. The van der Waals surface area contributed by atoms with Crippen LogP contribution in [-0.4, -0.2) is 6.61 Å². The third-order valence-corrected chi connectivity index (χ3v) is 4.58. The molecule has 0 N–H and O–H groups in total. The van der Waals surface area contributed by atoms with Crippen LogP contribution >= 0.6 is 11.3 Å². The second-order valence-electron chi connectivity index (χ2n) is 4.88. The number of fused-ring (bicyclic) bond motifs is 2. The van der Waals surface area contributed by atoms with Crippen LogP contribution in [-0.2, 0) is 0 Å². The molecule has 2 nitrogen and oxygen atoms in total. The Morgan fingerprint density at radius 1 is 1.19 bits per heavy atom. The summed E-state index contributed by atoms with van der Waals surface area (Å²) < 4.78 is 21.3. The summed E-state index contributed by atoms with van der Waals surface area (Å²) in [5.41, 5.74) is -0.266. The monoisotopic (exact) mass is 302 g/mol. The molecular formula is C17H15FO2S. The first kappa shape index (κ1) is 14.0. The van der Waals surface area contributed by atoms with E-state index in [0.717, 1.165) is 17.5 Å². The van der Waals surface area contributed by atoms with E-state index in [1.807, 2.05) is 12.1 Å². The number of rotatable bonds is 4. The lowest BCUT2D eigenvalue weighted by molar-refractivity contribution is 0.313. The van der Waals surface area contributed by atoms with Crippen LogP contribution in [0.4, 0.5) is 4.39 Å². The van der Waals surface area contributed by atoms with Crippen LogP contribution in [0.15, 0.2) is 41.2 Å². The van der Waals surface area contributed by atoms with Gasteiger partial charge in [0.2, 0.25) is 0 Å². The van der Waals surface area contributed by atoms with Crippen LogP contribution in [0.1, 0.15) is 19.8 Å². The minimum Gasteiger partial charge on any atom is -0.492 e. The second-order valence-corrected chi connectivity index (χ2v) is 5.93. The highest BCUT2D eigenvalue weighted by molar-refractivity contribution is 7.24. The maximum absolute atomic E-state index is 14.1. The van der Waals surface area contributed by atoms with Gasteiger partial charge in [-0.15, -0.1) is 11.3 Å². The van der Waals surface area contributed by atoms with E-state index in [-0.39, 0.29) is 10.8 Å². The van der Waals surface area contributed by atoms with Crippen molar-refractivity contribution in [1.82, 2.24) is 0 Å². The van der Waals surface area contributed by atoms with Gasteiger partial charge < -0.3 is 4.74 Å². The van der Waals surface area contributed by atoms with Gasteiger partial charge >= 0.3 is 0 Å². The molecule has 0 bridgehead atoms. The first-order valence-corrected chi connectivity index (χ1v) is 7.81. The minimum atomic E-state index is -0.486. The molecule has 0 spiro atoms. The number of halogens is 1. The summed E-state index contributed by atoms with van der Waals surface area (Å²) in [5, 5.41) is 0.687. The van der Waals surface area contributed by atoms with Gasteiger partial charge in [0.15, 0.2) is 5.43 Å². The normalized spacial score (nSPS) is 11.1. The Kier molecular flexibility index (Phi) is 3.88. The summed E-state index contributed by atoms with van der Waals surface area (Å²) in [6.45, 7) is 2.66. The standard InChI is InChI=1S/C17H15FO2S/c1-2-3-10-20-13-9-8-12(18)15-16(19)11-6-4-5-7-14(11)21-17(13)15/h4-9H,2-3,10H2,1H3. The molecule has 1 aromatic heterocycles. The fourth-order valence-electron chi connectivity index (χ4n) is 2.28. The third-order valence-electron chi connectivity index (χ3n) is 3.40. The minimum absolute atomic E-state index is 0.132. The first-order valence-electron chi connectivity index (χ1n) is 6.99. The molecule has 0 fully saturated rings. The van der Waals surface area contributed by atoms with Crippen molar-refractivity contribution in [2.45, 2.75) is 19.8 Å². The first-order chi connectivity index (χ1) is 10.2. The lowest BCUT2D eigenvalue weighted by atomic mass is 10.1. The molecule has 108 valence electrons. The lowest BCUT2D eigenvalue weighted by Gasteiger charge is -2.09. The van der Waals surface area contributed by atoms with Gasteiger partial charge in [0.05, 0.1) is 16.7 Å². The predicted octanol–water partition coefficient (Wildman–Crippen LogP) is 4.73. The van der Waals surface area contributed by atoms with Crippen molar-refractivity contribution in [3.05, 3.63) is 52.4 Å². The molecule has 0 radical (unpaired) electrons. The average Bonchev–Trinajstić information content (AvgIpc) is 2.50. The Balaban J connectivity index is 2.27. The van der Waals surface area contributed by atoms with Gasteiger partial charge in [0.1, 0.15) is 11.6 Å². The van der Waals surface area contributed by atoms with Gasteiger partial charge in [-0.2, -0.15) is 0 Å². The Morgan fingerprint density at radius 2 is 2.00 bits per heavy atom. The third kappa shape index (κ3) is 2.51. The van der Waals surface area contributed by atoms with Crippen LogP contribution in [0, 0.1) is 5.82 Å². The van der Waals surface area contributed by atoms with Crippen molar-refractivity contribution in [2.75, 3.05) is 6.61 Å². The number of unbranched alkanes of at least 4 members (excludes halogenated alkanes) is 1. The van der Waals surface area contributed by atoms with Crippen molar-refractivity contribution in [3.63, 3.8) is 0 Å². The summed E-state index contributed by atoms with van der Waals surface area (Å²) >= 11 is 1.40. The quantitative estimate of drug-likeness (QED) is 0.514. The van der Waals surface area contributed by atoms with Crippen molar-refractivity contribution in [3.8, 4) is 5.75 Å². The zero-order chi connectivity index (χ0) is 14.8. The van der Waals surface area contributed by atoms with E-state index in [1.165, 1.54) is 17.4 Å². The number of hydrogen-bond acceptors (Lipinski definition) is 3. The summed E-state index contributed by atoms with van der Waals surface area (Å²) in [6, 6.07) is 10.2. The number of benzene rings is 2. The number of hydrogen-bond donors (Lipinski definition) is 0. The molecule has 0 saturated carbocycles. The zero-order valence-electron chi connectivity index (χ0n) is 11.7. The predicted molar refractivity (Wildman–Crippen MR) is 86.0 cm³/mol. The second kappa shape index (κ2) is 5.82.